The summed E-state index contributed by atoms with van der Waals surface area (Å²) in [4.78, 5) is 40.9. The van der Waals surface area contributed by atoms with Crippen molar-refractivity contribution in [1.29, 1.82) is 0 Å². The Balaban J connectivity index is 1.44. The summed E-state index contributed by atoms with van der Waals surface area (Å²) in [6.45, 7) is 1.24. The molecule has 2 aliphatic rings. The van der Waals surface area contributed by atoms with E-state index in [2.05, 4.69) is 0 Å². The van der Waals surface area contributed by atoms with Crippen LogP contribution in [0, 0.1) is 0 Å². The zero-order chi connectivity index (χ0) is 20.9. The number of benzene rings is 2. The molecule has 0 unspecified atom stereocenters. The van der Waals surface area contributed by atoms with E-state index >= 15 is 0 Å². The minimum absolute atomic E-state index is 0.146. The third kappa shape index (κ3) is 4.65. The topological polar surface area (TPSA) is 57.7 Å². The van der Waals surface area contributed by atoms with E-state index < -0.39 is 0 Å². The Labute approximate surface area is 180 Å². The van der Waals surface area contributed by atoms with Gasteiger partial charge < -0.3 is 4.90 Å². The molecule has 0 aliphatic carbocycles. The zero-order valence-corrected chi connectivity index (χ0v) is 17.6. The lowest BCUT2D eigenvalue weighted by atomic mass is 10.0. The van der Waals surface area contributed by atoms with Crippen molar-refractivity contribution >= 4 is 34.9 Å². The van der Waals surface area contributed by atoms with E-state index in [-0.39, 0.29) is 23.6 Å². The standard InChI is InChI=1S/C24H24N2O3S/c27-22(25-14-6-1-2-7-15-25)17-26-23(28)21(30-24(26)29)16-18-10-12-20(13-11-18)19-8-4-3-5-9-19/h3-5,8-13,16H,1-2,6-7,14-15,17H2. The summed E-state index contributed by atoms with van der Waals surface area (Å²) in [5.41, 5.74) is 3.05. The van der Waals surface area contributed by atoms with Gasteiger partial charge in [0, 0.05) is 13.1 Å². The highest BCUT2D eigenvalue weighted by molar-refractivity contribution is 8.18. The zero-order valence-electron chi connectivity index (χ0n) is 16.8. The lowest BCUT2D eigenvalue weighted by molar-refractivity contribution is -0.135. The minimum atomic E-state index is -0.389. The van der Waals surface area contributed by atoms with Gasteiger partial charge in [-0.2, -0.15) is 0 Å². The summed E-state index contributed by atoms with van der Waals surface area (Å²) in [7, 11) is 0. The fourth-order valence-electron chi connectivity index (χ4n) is 3.75. The molecule has 154 valence electrons. The second kappa shape index (κ2) is 9.30. The van der Waals surface area contributed by atoms with Crippen LogP contribution in [0.4, 0.5) is 4.79 Å². The van der Waals surface area contributed by atoms with Gasteiger partial charge in [-0.25, -0.2) is 0 Å². The molecule has 4 rings (SSSR count). The molecule has 0 N–H and O–H groups in total. The van der Waals surface area contributed by atoms with Gasteiger partial charge in [-0.15, -0.1) is 0 Å². The Hall–Kier alpha value is -2.86. The van der Waals surface area contributed by atoms with Gasteiger partial charge in [-0.3, -0.25) is 19.3 Å². The van der Waals surface area contributed by atoms with Crippen LogP contribution < -0.4 is 0 Å². The summed E-state index contributed by atoms with van der Waals surface area (Å²) in [5.74, 6) is -0.534. The first kappa shape index (κ1) is 20.4. The largest absolute Gasteiger partial charge is 0.341 e. The molecule has 6 heteroatoms. The first-order chi connectivity index (χ1) is 14.6. The van der Waals surface area contributed by atoms with Crippen molar-refractivity contribution in [2.45, 2.75) is 25.7 Å². The SMILES string of the molecule is O=C(CN1C(=O)SC(=Cc2ccc(-c3ccccc3)cc2)C1=O)N1CCCCCC1. The molecule has 2 saturated heterocycles. The molecular weight excluding hydrogens is 396 g/mol. The van der Waals surface area contributed by atoms with E-state index in [1.165, 1.54) is 0 Å². The van der Waals surface area contributed by atoms with Crippen LogP contribution in [0.1, 0.15) is 31.2 Å². The second-order valence-corrected chi connectivity index (χ2v) is 8.54. The molecule has 5 nitrogen and oxygen atoms in total. The molecule has 0 radical (unpaired) electrons. The first-order valence-corrected chi connectivity index (χ1v) is 11.1. The van der Waals surface area contributed by atoms with Crippen molar-refractivity contribution in [1.82, 2.24) is 9.80 Å². The van der Waals surface area contributed by atoms with Crippen molar-refractivity contribution in [3.8, 4) is 11.1 Å². The number of rotatable bonds is 4. The van der Waals surface area contributed by atoms with Gasteiger partial charge in [-0.05, 0) is 47.4 Å². The Morgan fingerprint density at radius 1 is 0.867 bits per heavy atom. The van der Waals surface area contributed by atoms with Crippen LogP contribution in [0.3, 0.4) is 0 Å². The maximum atomic E-state index is 12.7. The molecule has 2 heterocycles. The van der Waals surface area contributed by atoms with Gasteiger partial charge >= 0.3 is 0 Å². The van der Waals surface area contributed by atoms with Crippen LogP contribution in [0.2, 0.25) is 0 Å². The molecule has 0 spiro atoms. The molecule has 0 atom stereocenters. The van der Waals surface area contributed by atoms with Crippen molar-refractivity contribution in [3.63, 3.8) is 0 Å². The highest BCUT2D eigenvalue weighted by atomic mass is 32.2. The summed E-state index contributed by atoms with van der Waals surface area (Å²) in [6.07, 6.45) is 5.92. The molecule has 3 amide bonds. The lowest BCUT2D eigenvalue weighted by Gasteiger charge is -2.22. The maximum absolute atomic E-state index is 12.7. The quantitative estimate of drug-likeness (QED) is 0.667. The monoisotopic (exact) mass is 420 g/mol. The van der Waals surface area contributed by atoms with Gasteiger partial charge in [0.2, 0.25) is 5.91 Å². The Morgan fingerprint density at radius 3 is 2.17 bits per heavy atom. The molecule has 0 bridgehead atoms. The summed E-state index contributed by atoms with van der Waals surface area (Å²) >= 11 is 0.898. The Kier molecular flexibility index (Phi) is 6.33. The summed E-state index contributed by atoms with van der Waals surface area (Å²) in [6, 6.07) is 17.9. The Morgan fingerprint density at radius 2 is 1.50 bits per heavy atom. The third-order valence-electron chi connectivity index (χ3n) is 5.44. The second-order valence-electron chi connectivity index (χ2n) is 7.55. The normalized spacial score (nSPS) is 18.7. The van der Waals surface area contributed by atoms with E-state index in [0.717, 1.165) is 59.0 Å². The number of carbonyl (C=O) groups is 3. The van der Waals surface area contributed by atoms with Gasteiger partial charge in [0.05, 0.1) is 4.91 Å². The number of hydrogen-bond acceptors (Lipinski definition) is 4. The molecule has 0 aromatic heterocycles. The van der Waals surface area contributed by atoms with E-state index in [0.29, 0.717) is 18.0 Å². The molecule has 30 heavy (non-hydrogen) atoms. The highest BCUT2D eigenvalue weighted by Gasteiger charge is 2.37. The number of likely N-dealkylation sites (tertiary alicyclic amines) is 1. The van der Waals surface area contributed by atoms with Crippen molar-refractivity contribution < 1.29 is 14.4 Å². The van der Waals surface area contributed by atoms with Crippen molar-refractivity contribution in [2.24, 2.45) is 0 Å². The fourth-order valence-corrected chi connectivity index (χ4v) is 4.58. The number of hydrogen-bond donors (Lipinski definition) is 0. The number of thioether (sulfide) groups is 1. The number of imide groups is 1. The predicted octanol–water partition coefficient (Wildman–Crippen LogP) is 4.79. The summed E-state index contributed by atoms with van der Waals surface area (Å²) in [5, 5.41) is -0.379. The fraction of sp³-hybridized carbons (Fsp3) is 0.292. The summed E-state index contributed by atoms with van der Waals surface area (Å²) < 4.78 is 0. The molecule has 2 aromatic rings. The van der Waals surface area contributed by atoms with Crippen molar-refractivity contribution in [3.05, 3.63) is 65.1 Å². The Bertz CT molecular complexity index is 962. The van der Waals surface area contributed by atoms with Crippen LogP contribution >= 0.6 is 11.8 Å². The molecule has 2 aliphatic heterocycles. The van der Waals surface area contributed by atoms with Crippen LogP contribution in [-0.2, 0) is 9.59 Å². The van der Waals surface area contributed by atoms with Gasteiger partial charge in [-0.1, -0.05) is 67.4 Å². The molecular formula is C24H24N2O3S. The first-order valence-electron chi connectivity index (χ1n) is 10.3. The minimum Gasteiger partial charge on any atom is -0.341 e. The predicted molar refractivity (Wildman–Crippen MR) is 120 cm³/mol. The lowest BCUT2D eigenvalue weighted by Crippen LogP contribution is -2.42. The van der Waals surface area contributed by atoms with Crippen LogP contribution in [0.5, 0.6) is 0 Å². The van der Waals surface area contributed by atoms with E-state index in [9.17, 15) is 14.4 Å². The van der Waals surface area contributed by atoms with E-state index in [1.54, 1.807) is 11.0 Å². The maximum Gasteiger partial charge on any atom is 0.294 e. The van der Waals surface area contributed by atoms with E-state index in [4.69, 9.17) is 0 Å². The molecule has 2 aromatic carbocycles. The average Bonchev–Trinajstić information content (AvgIpc) is 2.97. The van der Waals surface area contributed by atoms with Crippen LogP contribution in [0.15, 0.2) is 59.5 Å². The van der Waals surface area contributed by atoms with Gasteiger partial charge in [0.25, 0.3) is 11.1 Å². The van der Waals surface area contributed by atoms with Gasteiger partial charge in [0.1, 0.15) is 6.54 Å². The number of amides is 3. The van der Waals surface area contributed by atoms with Crippen molar-refractivity contribution in [2.75, 3.05) is 19.6 Å². The average molecular weight is 421 g/mol. The molecule has 0 saturated carbocycles. The number of carbonyl (C=O) groups excluding carboxylic acids is 3. The molecule has 2 fully saturated rings. The van der Waals surface area contributed by atoms with Crippen LogP contribution in [-0.4, -0.2) is 46.5 Å². The third-order valence-corrected chi connectivity index (χ3v) is 6.35. The smallest absolute Gasteiger partial charge is 0.294 e. The van der Waals surface area contributed by atoms with E-state index in [1.807, 2.05) is 54.6 Å². The van der Waals surface area contributed by atoms with Crippen LogP contribution in [0.25, 0.3) is 17.2 Å². The highest BCUT2D eigenvalue weighted by Crippen LogP contribution is 2.32. The van der Waals surface area contributed by atoms with Gasteiger partial charge in [0.15, 0.2) is 0 Å². The number of nitrogens with zero attached hydrogens (tertiary/aromatic N) is 2.